The van der Waals surface area contributed by atoms with Gasteiger partial charge in [-0.15, -0.1) is 6.58 Å². The van der Waals surface area contributed by atoms with Gasteiger partial charge in [-0.2, -0.15) is 0 Å². The molecule has 1 aromatic rings. The molecule has 1 aromatic carbocycles. The number of nitrogens with two attached hydrogens (primary N) is 1. The minimum absolute atomic E-state index is 0.0944. The van der Waals surface area contributed by atoms with E-state index in [1.54, 1.807) is 0 Å². The molecule has 0 fully saturated rings. The lowest BCUT2D eigenvalue weighted by Crippen LogP contribution is -2.18. The van der Waals surface area contributed by atoms with Crippen LogP contribution in [-0.4, -0.2) is 12.6 Å². The largest absolute Gasteiger partial charge is 0.493 e. The standard InChI is InChI=1S/C14H20ClNO/c1-10(2)6-7-17-14-5-4-13(15)9-12(14)8-11(3)16/h4-5,9,11H,1,6-8,16H2,2-3H3. The van der Waals surface area contributed by atoms with Crippen molar-refractivity contribution in [3.63, 3.8) is 0 Å². The van der Waals surface area contributed by atoms with Crippen LogP contribution in [0.2, 0.25) is 5.02 Å². The summed E-state index contributed by atoms with van der Waals surface area (Å²) in [6.45, 7) is 8.46. The van der Waals surface area contributed by atoms with Gasteiger partial charge in [-0.3, -0.25) is 0 Å². The third-order valence-corrected chi connectivity index (χ3v) is 2.59. The van der Waals surface area contributed by atoms with Crippen LogP contribution in [0.3, 0.4) is 0 Å². The number of hydrogen-bond acceptors (Lipinski definition) is 2. The van der Waals surface area contributed by atoms with Crippen molar-refractivity contribution in [3.05, 3.63) is 40.9 Å². The van der Waals surface area contributed by atoms with Crippen LogP contribution in [0.5, 0.6) is 5.75 Å². The molecule has 0 saturated heterocycles. The van der Waals surface area contributed by atoms with E-state index in [-0.39, 0.29) is 6.04 Å². The summed E-state index contributed by atoms with van der Waals surface area (Å²) in [5, 5.41) is 0.716. The first kappa shape index (κ1) is 14.1. The summed E-state index contributed by atoms with van der Waals surface area (Å²) >= 11 is 5.97. The van der Waals surface area contributed by atoms with E-state index in [1.165, 1.54) is 0 Å². The Hall–Kier alpha value is -0.990. The van der Waals surface area contributed by atoms with Gasteiger partial charge < -0.3 is 10.5 Å². The van der Waals surface area contributed by atoms with Gasteiger partial charge in [0.2, 0.25) is 0 Å². The van der Waals surface area contributed by atoms with Gasteiger partial charge in [-0.05, 0) is 44.0 Å². The van der Waals surface area contributed by atoms with Gasteiger partial charge in [-0.1, -0.05) is 17.2 Å². The topological polar surface area (TPSA) is 35.2 Å². The van der Waals surface area contributed by atoms with Crippen molar-refractivity contribution in [3.8, 4) is 5.75 Å². The number of rotatable bonds is 6. The van der Waals surface area contributed by atoms with Crippen molar-refractivity contribution in [2.75, 3.05) is 6.61 Å². The average molecular weight is 254 g/mol. The van der Waals surface area contributed by atoms with E-state index in [1.807, 2.05) is 32.0 Å². The Morgan fingerprint density at radius 3 is 2.82 bits per heavy atom. The molecule has 0 amide bonds. The highest BCUT2D eigenvalue weighted by Gasteiger charge is 2.07. The second-order valence-electron chi connectivity index (χ2n) is 4.49. The van der Waals surface area contributed by atoms with Gasteiger partial charge in [0.15, 0.2) is 0 Å². The fraction of sp³-hybridized carbons (Fsp3) is 0.429. The summed E-state index contributed by atoms with van der Waals surface area (Å²) < 4.78 is 5.73. The Morgan fingerprint density at radius 1 is 1.53 bits per heavy atom. The summed E-state index contributed by atoms with van der Waals surface area (Å²) in [6.07, 6.45) is 1.63. The Bertz CT molecular complexity index is 388. The summed E-state index contributed by atoms with van der Waals surface area (Å²) in [6, 6.07) is 5.75. The lowest BCUT2D eigenvalue weighted by atomic mass is 10.1. The van der Waals surface area contributed by atoms with Gasteiger partial charge in [0.05, 0.1) is 6.61 Å². The lowest BCUT2D eigenvalue weighted by molar-refractivity contribution is 0.318. The fourth-order valence-electron chi connectivity index (χ4n) is 1.53. The van der Waals surface area contributed by atoms with Gasteiger partial charge in [0, 0.05) is 17.5 Å². The number of halogens is 1. The highest BCUT2D eigenvalue weighted by Crippen LogP contribution is 2.24. The summed E-state index contributed by atoms with van der Waals surface area (Å²) in [5.74, 6) is 0.868. The van der Waals surface area contributed by atoms with Crippen LogP contribution in [0.25, 0.3) is 0 Å². The molecule has 94 valence electrons. The van der Waals surface area contributed by atoms with E-state index in [0.29, 0.717) is 11.6 Å². The van der Waals surface area contributed by atoms with Crippen LogP contribution < -0.4 is 10.5 Å². The maximum Gasteiger partial charge on any atom is 0.122 e. The first-order chi connectivity index (χ1) is 7.99. The predicted molar refractivity (Wildman–Crippen MR) is 73.7 cm³/mol. The van der Waals surface area contributed by atoms with Crippen LogP contribution >= 0.6 is 11.6 Å². The van der Waals surface area contributed by atoms with Crippen molar-refractivity contribution in [1.82, 2.24) is 0 Å². The molecule has 0 aliphatic heterocycles. The van der Waals surface area contributed by atoms with Gasteiger partial charge in [-0.25, -0.2) is 0 Å². The maximum atomic E-state index is 5.97. The highest BCUT2D eigenvalue weighted by atomic mass is 35.5. The second-order valence-corrected chi connectivity index (χ2v) is 4.93. The first-order valence-corrected chi connectivity index (χ1v) is 6.18. The predicted octanol–water partition coefficient (Wildman–Crippen LogP) is 3.57. The number of hydrogen-bond donors (Lipinski definition) is 1. The molecule has 0 radical (unpaired) electrons. The van der Waals surface area contributed by atoms with E-state index in [4.69, 9.17) is 22.1 Å². The normalized spacial score (nSPS) is 12.2. The molecule has 1 rings (SSSR count). The minimum atomic E-state index is 0.0944. The first-order valence-electron chi connectivity index (χ1n) is 5.80. The van der Waals surface area contributed by atoms with Gasteiger partial charge in [0.25, 0.3) is 0 Å². The van der Waals surface area contributed by atoms with Crippen LogP contribution in [-0.2, 0) is 6.42 Å². The molecular weight excluding hydrogens is 234 g/mol. The fourth-order valence-corrected chi connectivity index (χ4v) is 1.73. The number of benzene rings is 1. The number of ether oxygens (including phenoxy) is 1. The van der Waals surface area contributed by atoms with Gasteiger partial charge in [0.1, 0.15) is 5.75 Å². The Balaban J connectivity index is 2.72. The molecule has 0 spiro atoms. The Labute approximate surface area is 108 Å². The van der Waals surface area contributed by atoms with Crippen molar-refractivity contribution in [1.29, 1.82) is 0 Å². The lowest BCUT2D eigenvalue weighted by Gasteiger charge is -2.13. The molecule has 3 heteroatoms. The molecule has 0 aliphatic carbocycles. The molecule has 0 bridgehead atoms. The molecule has 17 heavy (non-hydrogen) atoms. The van der Waals surface area contributed by atoms with E-state index in [9.17, 15) is 0 Å². The summed E-state index contributed by atoms with van der Waals surface area (Å²) in [7, 11) is 0. The van der Waals surface area contributed by atoms with Crippen LogP contribution in [0.15, 0.2) is 30.4 Å². The third-order valence-electron chi connectivity index (χ3n) is 2.35. The van der Waals surface area contributed by atoms with Crippen molar-refractivity contribution in [2.24, 2.45) is 5.73 Å². The van der Waals surface area contributed by atoms with Crippen molar-refractivity contribution >= 4 is 11.6 Å². The van der Waals surface area contributed by atoms with E-state index < -0.39 is 0 Å². The zero-order valence-corrected chi connectivity index (χ0v) is 11.3. The summed E-state index contributed by atoms with van der Waals surface area (Å²) in [4.78, 5) is 0. The molecule has 0 heterocycles. The van der Waals surface area contributed by atoms with E-state index in [0.717, 1.165) is 29.7 Å². The highest BCUT2D eigenvalue weighted by molar-refractivity contribution is 6.30. The van der Waals surface area contributed by atoms with E-state index >= 15 is 0 Å². The Kier molecular flexibility index (Phi) is 5.52. The monoisotopic (exact) mass is 253 g/mol. The Morgan fingerprint density at radius 2 is 2.24 bits per heavy atom. The zero-order chi connectivity index (χ0) is 12.8. The van der Waals surface area contributed by atoms with Crippen LogP contribution in [0.4, 0.5) is 0 Å². The second kappa shape index (κ2) is 6.67. The summed E-state index contributed by atoms with van der Waals surface area (Å²) in [5.41, 5.74) is 7.99. The van der Waals surface area contributed by atoms with Crippen LogP contribution in [0, 0.1) is 0 Å². The minimum Gasteiger partial charge on any atom is -0.493 e. The van der Waals surface area contributed by atoms with Crippen molar-refractivity contribution in [2.45, 2.75) is 32.7 Å². The zero-order valence-electron chi connectivity index (χ0n) is 10.5. The molecular formula is C14H20ClNO. The van der Waals surface area contributed by atoms with E-state index in [2.05, 4.69) is 6.58 Å². The quantitative estimate of drug-likeness (QED) is 0.787. The average Bonchev–Trinajstić information content (AvgIpc) is 2.20. The van der Waals surface area contributed by atoms with Crippen molar-refractivity contribution < 1.29 is 4.74 Å². The SMILES string of the molecule is C=C(C)CCOc1ccc(Cl)cc1CC(C)N. The molecule has 0 aromatic heterocycles. The van der Waals surface area contributed by atoms with Crippen LogP contribution in [0.1, 0.15) is 25.8 Å². The molecule has 2 nitrogen and oxygen atoms in total. The maximum absolute atomic E-state index is 5.97. The molecule has 0 aliphatic rings. The third kappa shape index (κ3) is 5.24. The molecule has 1 unspecified atom stereocenters. The molecule has 2 N–H and O–H groups in total. The smallest absolute Gasteiger partial charge is 0.122 e. The molecule has 0 saturated carbocycles. The van der Waals surface area contributed by atoms with Gasteiger partial charge >= 0.3 is 0 Å². The molecule has 1 atom stereocenters.